The summed E-state index contributed by atoms with van der Waals surface area (Å²) >= 11 is 0. The Morgan fingerprint density at radius 3 is 2.67 bits per heavy atom. The van der Waals surface area contributed by atoms with Gasteiger partial charge in [0.2, 0.25) is 0 Å². The summed E-state index contributed by atoms with van der Waals surface area (Å²) in [5.74, 6) is 0. The predicted octanol–water partition coefficient (Wildman–Crippen LogP) is 2.77. The molecule has 0 aliphatic carbocycles. The zero-order valence-corrected chi connectivity index (χ0v) is 9.02. The summed E-state index contributed by atoms with van der Waals surface area (Å²) < 4.78 is 10.7. The second kappa shape index (κ2) is 5.89. The van der Waals surface area contributed by atoms with Gasteiger partial charge in [0.25, 0.3) is 0 Å². The van der Waals surface area contributed by atoms with Crippen LogP contribution in [0.3, 0.4) is 0 Å². The van der Waals surface area contributed by atoms with Crippen molar-refractivity contribution in [2.45, 2.75) is 32.0 Å². The van der Waals surface area contributed by atoms with Crippen molar-refractivity contribution in [2.24, 2.45) is 0 Å². The van der Waals surface area contributed by atoms with Crippen LogP contribution in [-0.2, 0) is 15.9 Å². The zero-order valence-electron chi connectivity index (χ0n) is 9.02. The van der Waals surface area contributed by atoms with Gasteiger partial charge in [-0.25, -0.2) is 0 Å². The van der Waals surface area contributed by atoms with Gasteiger partial charge < -0.3 is 9.47 Å². The van der Waals surface area contributed by atoms with Crippen molar-refractivity contribution in [1.82, 2.24) is 0 Å². The lowest BCUT2D eigenvalue weighted by atomic mass is 10.1. The van der Waals surface area contributed by atoms with Gasteiger partial charge in [-0.15, -0.1) is 0 Å². The number of aryl methyl sites for hydroxylation is 1. The van der Waals surface area contributed by atoms with Gasteiger partial charge in [0, 0.05) is 13.0 Å². The molecule has 15 heavy (non-hydrogen) atoms. The van der Waals surface area contributed by atoms with E-state index >= 15 is 0 Å². The highest BCUT2D eigenvalue weighted by Crippen LogP contribution is 2.13. The van der Waals surface area contributed by atoms with Gasteiger partial charge in [0.1, 0.15) is 0 Å². The predicted molar refractivity (Wildman–Crippen MR) is 59.7 cm³/mol. The lowest BCUT2D eigenvalue weighted by Crippen LogP contribution is -2.29. The minimum Gasteiger partial charge on any atom is -0.353 e. The molecule has 0 aromatic heterocycles. The van der Waals surface area contributed by atoms with Gasteiger partial charge in [-0.1, -0.05) is 30.3 Å². The Morgan fingerprint density at radius 1 is 1.20 bits per heavy atom. The first kappa shape index (κ1) is 10.7. The number of benzene rings is 1. The van der Waals surface area contributed by atoms with E-state index in [4.69, 9.17) is 9.47 Å². The first-order chi connectivity index (χ1) is 7.45. The van der Waals surface area contributed by atoms with E-state index in [0.29, 0.717) is 0 Å². The van der Waals surface area contributed by atoms with Crippen molar-refractivity contribution in [3.63, 3.8) is 0 Å². The van der Waals surface area contributed by atoms with E-state index in [-0.39, 0.29) is 6.29 Å². The Hall–Kier alpha value is -0.860. The molecule has 1 aromatic rings. The molecular formula is C13H18O2. The Balaban J connectivity index is 1.51. The van der Waals surface area contributed by atoms with E-state index in [9.17, 15) is 0 Å². The normalized spacial score (nSPS) is 19.9. The van der Waals surface area contributed by atoms with Crippen molar-refractivity contribution < 1.29 is 9.47 Å². The summed E-state index contributed by atoms with van der Waals surface area (Å²) in [6.07, 6.45) is 4.63. The molecule has 1 aromatic carbocycles. The number of hydrogen-bond acceptors (Lipinski definition) is 2. The molecule has 0 spiro atoms. The van der Waals surface area contributed by atoms with Gasteiger partial charge in [-0.3, -0.25) is 0 Å². The molecule has 2 heteroatoms. The topological polar surface area (TPSA) is 18.5 Å². The summed E-state index contributed by atoms with van der Waals surface area (Å²) in [4.78, 5) is 0. The fourth-order valence-electron chi connectivity index (χ4n) is 1.64. The summed E-state index contributed by atoms with van der Waals surface area (Å²) in [5, 5.41) is 0. The first-order valence-electron chi connectivity index (χ1n) is 5.72. The maximum Gasteiger partial charge on any atom is 0.159 e. The molecule has 1 aliphatic heterocycles. The summed E-state index contributed by atoms with van der Waals surface area (Å²) in [6, 6.07) is 10.6. The van der Waals surface area contributed by atoms with Gasteiger partial charge in [-0.05, 0) is 24.8 Å². The molecule has 0 unspecified atom stereocenters. The van der Waals surface area contributed by atoms with Crippen LogP contribution < -0.4 is 0 Å². The quantitative estimate of drug-likeness (QED) is 0.666. The first-order valence-corrected chi connectivity index (χ1v) is 5.72. The second-order valence-corrected chi connectivity index (χ2v) is 3.90. The van der Waals surface area contributed by atoms with Crippen LogP contribution in [0.4, 0.5) is 0 Å². The molecule has 0 bridgehead atoms. The molecule has 1 fully saturated rings. The van der Waals surface area contributed by atoms with Crippen LogP contribution in [0.5, 0.6) is 0 Å². The smallest absolute Gasteiger partial charge is 0.159 e. The van der Waals surface area contributed by atoms with Crippen LogP contribution in [0.2, 0.25) is 0 Å². The fourth-order valence-corrected chi connectivity index (χ4v) is 1.64. The number of unbranched alkanes of at least 4 members (excludes halogenated alkanes) is 1. The van der Waals surface area contributed by atoms with Crippen molar-refractivity contribution >= 4 is 0 Å². The van der Waals surface area contributed by atoms with Gasteiger partial charge in [0.15, 0.2) is 6.29 Å². The third-order valence-electron chi connectivity index (χ3n) is 2.66. The molecule has 1 aliphatic rings. The molecule has 0 saturated carbocycles. The molecular weight excluding hydrogens is 188 g/mol. The molecule has 1 atom stereocenters. The molecule has 1 heterocycles. The van der Waals surface area contributed by atoms with Crippen molar-refractivity contribution in [3.8, 4) is 0 Å². The van der Waals surface area contributed by atoms with Crippen molar-refractivity contribution in [3.05, 3.63) is 35.9 Å². The van der Waals surface area contributed by atoms with E-state index < -0.39 is 0 Å². The largest absolute Gasteiger partial charge is 0.353 e. The van der Waals surface area contributed by atoms with E-state index in [1.165, 1.54) is 12.0 Å². The Labute approximate surface area is 91.2 Å². The lowest BCUT2D eigenvalue weighted by Gasteiger charge is -2.26. The lowest BCUT2D eigenvalue weighted by molar-refractivity contribution is -0.214. The third-order valence-corrected chi connectivity index (χ3v) is 2.66. The number of hydrogen-bond donors (Lipinski definition) is 0. The summed E-state index contributed by atoms with van der Waals surface area (Å²) in [7, 11) is 0. The van der Waals surface area contributed by atoms with Crippen molar-refractivity contribution in [2.75, 3.05) is 13.2 Å². The highest BCUT2D eigenvalue weighted by Gasteiger charge is 2.17. The van der Waals surface area contributed by atoms with E-state index in [0.717, 1.165) is 32.5 Å². The van der Waals surface area contributed by atoms with Crippen molar-refractivity contribution in [1.29, 1.82) is 0 Å². The molecule has 82 valence electrons. The van der Waals surface area contributed by atoms with Crippen LogP contribution in [0.25, 0.3) is 0 Å². The molecule has 2 nitrogen and oxygen atoms in total. The Bertz CT molecular complexity index is 267. The Kier molecular flexibility index (Phi) is 4.18. The molecule has 0 N–H and O–H groups in total. The zero-order chi connectivity index (χ0) is 10.3. The highest BCUT2D eigenvalue weighted by molar-refractivity contribution is 5.14. The summed E-state index contributed by atoms with van der Waals surface area (Å²) in [6.45, 7) is 1.70. The van der Waals surface area contributed by atoms with Crippen LogP contribution in [0, 0.1) is 0 Å². The third kappa shape index (κ3) is 3.65. The molecule has 0 radical (unpaired) electrons. The van der Waals surface area contributed by atoms with Gasteiger partial charge in [0.05, 0.1) is 6.61 Å². The maximum atomic E-state index is 5.49. The minimum absolute atomic E-state index is 0.0988. The molecule has 0 amide bonds. The van der Waals surface area contributed by atoms with Crippen LogP contribution in [0.15, 0.2) is 30.3 Å². The monoisotopic (exact) mass is 206 g/mol. The van der Waals surface area contributed by atoms with E-state index in [2.05, 4.69) is 30.3 Å². The molecule has 1 saturated heterocycles. The highest BCUT2D eigenvalue weighted by atomic mass is 16.7. The average Bonchev–Trinajstić information content (AvgIpc) is 2.22. The van der Waals surface area contributed by atoms with E-state index in [1.807, 2.05) is 0 Å². The van der Waals surface area contributed by atoms with Crippen LogP contribution in [0.1, 0.15) is 24.8 Å². The second-order valence-electron chi connectivity index (χ2n) is 3.90. The van der Waals surface area contributed by atoms with Gasteiger partial charge >= 0.3 is 0 Å². The SMILES string of the molecule is c1ccc(CCCCO[C@@H]2CCO2)cc1. The van der Waals surface area contributed by atoms with Crippen LogP contribution >= 0.6 is 0 Å². The fraction of sp³-hybridized carbons (Fsp3) is 0.538. The van der Waals surface area contributed by atoms with E-state index in [1.54, 1.807) is 0 Å². The average molecular weight is 206 g/mol. The summed E-state index contributed by atoms with van der Waals surface area (Å²) in [5.41, 5.74) is 1.41. The minimum atomic E-state index is 0.0988. The Morgan fingerprint density at radius 2 is 2.00 bits per heavy atom. The maximum absolute atomic E-state index is 5.49. The standard InChI is InChI=1S/C13H18O2/c1-2-6-12(7-3-1)8-4-5-10-14-13-9-11-15-13/h1-3,6-7,13H,4-5,8-11H2/t13-/m0/s1. The number of ether oxygens (including phenoxy) is 2. The van der Waals surface area contributed by atoms with Crippen LogP contribution in [-0.4, -0.2) is 19.5 Å². The number of rotatable bonds is 6. The van der Waals surface area contributed by atoms with Gasteiger partial charge in [-0.2, -0.15) is 0 Å². The molecule has 2 rings (SSSR count).